The van der Waals surface area contributed by atoms with Gasteiger partial charge in [-0.2, -0.15) is 4.37 Å². The molecule has 3 N–H and O–H groups in total. The molecule has 1 atom stereocenters. The van der Waals surface area contributed by atoms with Crippen molar-refractivity contribution in [2.75, 3.05) is 26.6 Å². The summed E-state index contributed by atoms with van der Waals surface area (Å²) in [5.74, 6) is 1.59. The molecule has 0 fully saturated rings. The summed E-state index contributed by atoms with van der Waals surface area (Å²) in [5, 5.41) is 4.91. The first-order valence-electron chi connectivity index (χ1n) is 11.1. The Hall–Kier alpha value is -3.69. The molecule has 0 radical (unpaired) electrons. The second-order valence-corrected chi connectivity index (χ2v) is 8.77. The van der Waals surface area contributed by atoms with E-state index in [9.17, 15) is 4.79 Å². The van der Waals surface area contributed by atoms with Crippen LogP contribution in [0.2, 0.25) is 0 Å². The van der Waals surface area contributed by atoms with Gasteiger partial charge in [-0.3, -0.25) is 9.79 Å². The summed E-state index contributed by atoms with van der Waals surface area (Å²) >= 11 is 1.36. The molecule has 2 heterocycles. The highest BCUT2D eigenvalue weighted by Crippen LogP contribution is 2.41. The minimum atomic E-state index is -0.690. The molecule has 0 aliphatic carbocycles. The Kier molecular flexibility index (Phi) is 7.48. The van der Waals surface area contributed by atoms with Crippen molar-refractivity contribution in [3.05, 3.63) is 53.0 Å². The van der Waals surface area contributed by atoms with E-state index in [-0.39, 0.29) is 5.91 Å². The molecule has 3 aromatic rings. The van der Waals surface area contributed by atoms with Crippen molar-refractivity contribution in [3.8, 4) is 39.6 Å². The van der Waals surface area contributed by atoms with E-state index >= 15 is 0 Å². The quantitative estimate of drug-likeness (QED) is 0.443. The SMILES string of the molecule is COc1ccc(-c2csnc2-c2cc(C)c(OC)c(OC)c2)cc1NC(=O)[C@H](N)CC1=CN=CC1. The van der Waals surface area contributed by atoms with Gasteiger partial charge in [0.2, 0.25) is 5.91 Å². The van der Waals surface area contributed by atoms with Gasteiger partial charge in [-0.05, 0) is 65.8 Å². The van der Waals surface area contributed by atoms with Crippen LogP contribution >= 0.6 is 11.5 Å². The maximum Gasteiger partial charge on any atom is 0.241 e. The van der Waals surface area contributed by atoms with Gasteiger partial charge in [0, 0.05) is 35.3 Å². The van der Waals surface area contributed by atoms with Gasteiger partial charge in [0.15, 0.2) is 11.5 Å². The van der Waals surface area contributed by atoms with Gasteiger partial charge >= 0.3 is 0 Å². The fourth-order valence-corrected chi connectivity index (χ4v) is 4.75. The summed E-state index contributed by atoms with van der Waals surface area (Å²) in [6.45, 7) is 1.97. The zero-order chi connectivity index (χ0) is 24.9. The lowest BCUT2D eigenvalue weighted by molar-refractivity contribution is -0.117. The number of methoxy groups -OCH3 is 3. The molecule has 1 aromatic heterocycles. The zero-order valence-electron chi connectivity index (χ0n) is 20.1. The van der Waals surface area contributed by atoms with Gasteiger partial charge < -0.3 is 25.3 Å². The van der Waals surface area contributed by atoms with Crippen LogP contribution in [0.25, 0.3) is 22.4 Å². The van der Waals surface area contributed by atoms with Crippen LogP contribution in [0.15, 0.2) is 52.5 Å². The van der Waals surface area contributed by atoms with Crippen LogP contribution in [0.5, 0.6) is 17.2 Å². The van der Waals surface area contributed by atoms with Crippen molar-refractivity contribution >= 4 is 29.3 Å². The first-order chi connectivity index (χ1) is 16.9. The summed E-state index contributed by atoms with van der Waals surface area (Å²) in [5.41, 5.74) is 12.2. The maximum absolute atomic E-state index is 12.8. The number of carbonyl (C=O) groups is 1. The molecular formula is C26H28N4O4S. The molecule has 0 saturated carbocycles. The lowest BCUT2D eigenvalue weighted by atomic mass is 9.99. The molecule has 8 nitrogen and oxygen atoms in total. The third-order valence-electron chi connectivity index (χ3n) is 5.81. The third kappa shape index (κ3) is 5.21. The number of carbonyl (C=O) groups excluding carboxylic acids is 1. The Morgan fingerprint density at radius 3 is 2.60 bits per heavy atom. The third-order valence-corrected chi connectivity index (χ3v) is 6.44. The van der Waals surface area contributed by atoms with Crippen molar-refractivity contribution in [1.82, 2.24) is 4.37 Å². The number of nitrogens with zero attached hydrogens (tertiary/aromatic N) is 2. The largest absolute Gasteiger partial charge is 0.495 e. The van der Waals surface area contributed by atoms with Gasteiger partial charge in [0.05, 0.1) is 38.8 Å². The second kappa shape index (κ2) is 10.7. The molecule has 1 aliphatic rings. The van der Waals surface area contributed by atoms with Crippen molar-refractivity contribution in [2.24, 2.45) is 10.7 Å². The van der Waals surface area contributed by atoms with E-state index in [1.54, 1.807) is 33.7 Å². The van der Waals surface area contributed by atoms with E-state index in [2.05, 4.69) is 14.7 Å². The number of hydrogen-bond acceptors (Lipinski definition) is 8. The topological polar surface area (TPSA) is 108 Å². The Bertz CT molecular complexity index is 1300. The number of benzene rings is 2. The predicted molar refractivity (Wildman–Crippen MR) is 140 cm³/mol. The number of aryl methyl sites for hydroxylation is 1. The van der Waals surface area contributed by atoms with Crippen LogP contribution in [0.3, 0.4) is 0 Å². The normalized spacial score (nSPS) is 13.3. The van der Waals surface area contributed by atoms with E-state index in [1.165, 1.54) is 11.5 Å². The van der Waals surface area contributed by atoms with Gasteiger partial charge in [-0.1, -0.05) is 6.07 Å². The van der Waals surface area contributed by atoms with Gasteiger partial charge in [0.25, 0.3) is 0 Å². The van der Waals surface area contributed by atoms with E-state index in [4.69, 9.17) is 19.9 Å². The minimum absolute atomic E-state index is 0.285. The molecule has 0 unspecified atom stereocenters. The van der Waals surface area contributed by atoms with Crippen LogP contribution in [-0.4, -0.2) is 43.9 Å². The van der Waals surface area contributed by atoms with Crippen molar-refractivity contribution < 1.29 is 19.0 Å². The highest BCUT2D eigenvalue weighted by molar-refractivity contribution is 7.04. The molecule has 35 heavy (non-hydrogen) atoms. The fourth-order valence-electron chi connectivity index (χ4n) is 4.03. The molecule has 9 heteroatoms. The van der Waals surface area contributed by atoms with E-state index in [1.807, 2.05) is 42.6 Å². The molecule has 0 spiro atoms. The molecule has 2 aromatic carbocycles. The Balaban J connectivity index is 1.64. The molecule has 0 saturated heterocycles. The van der Waals surface area contributed by atoms with E-state index in [0.29, 0.717) is 29.4 Å². The Morgan fingerprint density at radius 2 is 1.91 bits per heavy atom. The number of ether oxygens (including phenoxy) is 3. The first-order valence-corrected chi connectivity index (χ1v) is 11.9. The highest BCUT2D eigenvalue weighted by Gasteiger charge is 2.20. The number of nitrogens with two attached hydrogens (primary N) is 1. The summed E-state index contributed by atoms with van der Waals surface area (Å²) < 4.78 is 21.1. The highest BCUT2D eigenvalue weighted by atomic mass is 32.1. The Morgan fingerprint density at radius 1 is 1.11 bits per heavy atom. The van der Waals surface area contributed by atoms with E-state index < -0.39 is 6.04 Å². The number of nitrogens with one attached hydrogen (secondary N) is 1. The fraction of sp³-hybridized carbons (Fsp3) is 0.269. The van der Waals surface area contributed by atoms with Crippen molar-refractivity contribution in [2.45, 2.75) is 25.8 Å². The van der Waals surface area contributed by atoms with E-state index in [0.717, 1.165) is 39.9 Å². The van der Waals surface area contributed by atoms with Crippen molar-refractivity contribution in [1.29, 1.82) is 0 Å². The van der Waals surface area contributed by atoms with Crippen LogP contribution < -0.4 is 25.3 Å². The number of amides is 1. The lowest BCUT2D eigenvalue weighted by Crippen LogP contribution is -2.36. The molecule has 182 valence electrons. The van der Waals surface area contributed by atoms with Gasteiger partial charge in [-0.25, -0.2) is 0 Å². The summed E-state index contributed by atoms with van der Waals surface area (Å²) in [7, 11) is 4.80. The van der Waals surface area contributed by atoms with Crippen LogP contribution in [0.4, 0.5) is 5.69 Å². The summed E-state index contributed by atoms with van der Waals surface area (Å²) in [4.78, 5) is 16.9. The van der Waals surface area contributed by atoms with Gasteiger partial charge in [-0.15, -0.1) is 0 Å². The maximum atomic E-state index is 12.8. The molecule has 0 bridgehead atoms. The summed E-state index contributed by atoms with van der Waals surface area (Å²) in [6, 6.07) is 8.89. The van der Waals surface area contributed by atoms with Crippen LogP contribution in [0.1, 0.15) is 18.4 Å². The first kappa shape index (κ1) is 24.4. The number of rotatable bonds is 9. The number of aromatic nitrogens is 1. The number of hydrogen-bond donors (Lipinski definition) is 2. The summed E-state index contributed by atoms with van der Waals surface area (Å²) in [6.07, 6.45) is 4.74. The average Bonchev–Trinajstić information content (AvgIpc) is 3.55. The Labute approximate surface area is 208 Å². The van der Waals surface area contributed by atoms with Gasteiger partial charge in [0.1, 0.15) is 5.75 Å². The average molecular weight is 493 g/mol. The monoisotopic (exact) mass is 492 g/mol. The molecule has 1 amide bonds. The molecular weight excluding hydrogens is 464 g/mol. The van der Waals surface area contributed by atoms with Crippen LogP contribution in [-0.2, 0) is 4.79 Å². The predicted octanol–water partition coefficient (Wildman–Crippen LogP) is 4.83. The minimum Gasteiger partial charge on any atom is -0.495 e. The molecule has 1 aliphatic heterocycles. The standard InChI is InChI=1S/C26H28N4O4S/c1-15-9-18(12-23(33-3)25(15)34-4)24-19(14-35-30-24)17-5-6-22(32-2)21(11-17)29-26(31)20(27)10-16-7-8-28-13-16/h5-6,8-9,11-14,20H,7,10,27H2,1-4H3,(H,29,31)/t20-/m1/s1. The van der Waals surface area contributed by atoms with Crippen molar-refractivity contribution in [3.63, 3.8) is 0 Å². The smallest absolute Gasteiger partial charge is 0.241 e. The number of aliphatic imine (C=N–C) groups is 1. The zero-order valence-corrected chi connectivity index (χ0v) is 20.9. The van der Waals surface area contributed by atoms with Crippen LogP contribution in [0, 0.1) is 6.92 Å². The second-order valence-electron chi connectivity index (χ2n) is 8.14. The lowest BCUT2D eigenvalue weighted by Gasteiger charge is -2.16. The number of anilines is 1. The molecule has 4 rings (SSSR count).